The molecule has 1 amide bonds. The Bertz CT molecular complexity index is 827. The number of rotatable bonds is 3. The minimum Gasteiger partial charge on any atom is -0.392 e. The van der Waals surface area contributed by atoms with E-state index >= 15 is 0 Å². The van der Waals surface area contributed by atoms with Crippen LogP contribution in [0.2, 0.25) is 0 Å². The molecule has 2 saturated heterocycles. The van der Waals surface area contributed by atoms with Gasteiger partial charge in [0.25, 0.3) is 0 Å². The van der Waals surface area contributed by atoms with Crippen LogP contribution in [0.15, 0.2) is 54.9 Å². The van der Waals surface area contributed by atoms with Crippen LogP contribution in [0.5, 0.6) is 0 Å². The summed E-state index contributed by atoms with van der Waals surface area (Å²) < 4.78 is 0. The molecule has 2 aliphatic heterocycles. The number of carbonyl (C=O) groups is 1. The van der Waals surface area contributed by atoms with Gasteiger partial charge in [0.15, 0.2) is 0 Å². The predicted molar refractivity (Wildman–Crippen MR) is 109 cm³/mol. The lowest BCUT2D eigenvalue weighted by Crippen LogP contribution is -2.60. The summed E-state index contributed by atoms with van der Waals surface area (Å²) in [5.74, 6) is 0.699. The van der Waals surface area contributed by atoms with Gasteiger partial charge in [-0.2, -0.15) is 0 Å². The van der Waals surface area contributed by atoms with Crippen molar-refractivity contribution in [3.8, 4) is 0 Å². The Morgan fingerprint density at radius 3 is 2.68 bits per heavy atom. The normalized spacial score (nSPS) is 25.4. The molecule has 1 aromatic heterocycles. The SMILES string of the molecule is O=C(C=Cc1ccccc1)N1CCC[C@]2(C1)CN(c1ncccn1)CC[C@H]2O. The number of aliphatic hydroxyl groups is 1. The van der Waals surface area contributed by atoms with Crippen molar-refractivity contribution in [2.75, 3.05) is 31.1 Å². The maximum Gasteiger partial charge on any atom is 0.246 e. The summed E-state index contributed by atoms with van der Waals surface area (Å²) in [6, 6.07) is 11.6. The number of carbonyl (C=O) groups excluding carboxylic acids is 1. The van der Waals surface area contributed by atoms with Gasteiger partial charge in [0.2, 0.25) is 11.9 Å². The fourth-order valence-electron chi connectivity index (χ4n) is 4.36. The molecule has 2 aliphatic rings. The molecule has 0 saturated carbocycles. The van der Waals surface area contributed by atoms with E-state index in [1.54, 1.807) is 24.5 Å². The number of likely N-dealkylation sites (tertiary alicyclic amines) is 1. The van der Waals surface area contributed by atoms with Crippen molar-refractivity contribution < 1.29 is 9.90 Å². The molecule has 0 bridgehead atoms. The molecule has 1 aromatic carbocycles. The van der Waals surface area contributed by atoms with Crippen molar-refractivity contribution in [1.82, 2.24) is 14.9 Å². The van der Waals surface area contributed by atoms with Crippen molar-refractivity contribution in [3.63, 3.8) is 0 Å². The predicted octanol–water partition coefficient (Wildman–Crippen LogP) is 2.37. The lowest BCUT2D eigenvalue weighted by atomic mass is 9.71. The Morgan fingerprint density at radius 1 is 1.11 bits per heavy atom. The maximum absolute atomic E-state index is 12.8. The first-order valence-electron chi connectivity index (χ1n) is 9.88. The van der Waals surface area contributed by atoms with Crippen molar-refractivity contribution in [1.29, 1.82) is 0 Å². The number of amides is 1. The summed E-state index contributed by atoms with van der Waals surface area (Å²) in [6.45, 7) is 2.70. The fraction of sp³-hybridized carbons (Fsp3) is 0.409. The van der Waals surface area contributed by atoms with Gasteiger partial charge in [-0.15, -0.1) is 0 Å². The minimum atomic E-state index is -0.416. The van der Waals surface area contributed by atoms with Crippen molar-refractivity contribution in [2.45, 2.75) is 25.4 Å². The highest BCUT2D eigenvalue weighted by atomic mass is 16.3. The van der Waals surface area contributed by atoms with Crippen LogP contribution in [0.4, 0.5) is 5.95 Å². The number of aliphatic hydroxyl groups excluding tert-OH is 1. The largest absolute Gasteiger partial charge is 0.392 e. The summed E-state index contributed by atoms with van der Waals surface area (Å²) >= 11 is 0. The second kappa shape index (κ2) is 8.10. The summed E-state index contributed by atoms with van der Waals surface area (Å²) in [5.41, 5.74) is 0.680. The molecule has 2 fully saturated rings. The zero-order valence-corrected chi connectivity index (χ0v) is 15.9. The third-order valence-corrected chi connectivity index (χ3v) is 5.86. The zero-order valence-electron chi connectivity index (χ0n) is 15.9. The van der Waals surface area contributed by atoms with Gasteiger partial charge >= 0.3 is 0 Å². The van der Waals surface area contributed by atoms with Crippen LogP contribution in [0.25, 0.3) is 6.08 Å². The molecule has 146 valence electrons. The summed E-state index contributed by atoms with van der Waals surface area (Å²) in [5, 5.41) is 10.8. The van der Waals surface area contributed by atoms with E-state index in [1.807, 2.05) is 41.3 Å². The molecular weight excluding hydrogens is 352 g/mol. The molecule has 0 aliphatic carbocycles. The Balaban J connectivity index is 1.48. The molecule has 0 unspecified atom stereocenters. The number of benzene rings is 1. The fourth-order valence-corrected chi connectivity index (χ4v) is 4.36. The number of piperidine rings is 2. The minimum absolute atomic E-state index is 0.00297. The highest BCUT2D eigenvalue weighted by Gasteiger charge is 2.46. The van der Waals surface area contributed by atoms with E-state index in [0.29, 0.717) is 25.5 Å². The van der Waals surface area contributed by atoms with Crippen molar-refractivity contribution in [2.24, 2.45) is 5.41 Å². The Hall–Kier alpha value is -2.73. The van der Waals surface area contributed by atoms with Crippen LogP contribution < -0.4 is 4.90 Å². The summed E-state index contributed by atoms with van der Waals surface area (Å²) in [6.07, 6.45) is 9.03. The lowest BCUT2D eigenvalue weighted by Gasteiger charge is -2.50. The average Bonchev–Trinajstić information content (AvgIpc) is 2.75. The molecular formula is C22H26N4O2. The second-order valence-corrected chi connectivity index (χ2v) is 7.74. The summed E-state index contributed by atoms with van der Waals surface area (Å²) in [4.78, 5) is 25.5. The molecule has 1 N–H and O–H groups in total. The van der Waals surface area contributed by atoms with Gasteiger partial charge in [0.1, 0.15) is 0 Å². The molecule has 6 nitrogen and oxygen atoms in total. The van der Waals surface area contributed by atoms with Crippen LogP contribution >= 0.6 is 0 Å². The number of aromatic nitrogens is 2. The Labute approximate surface area is 165 Å². The Kier molecular flexibility index (Phi) is 5.39. The molecule has 0 radical (unpaired) electrons. The van der Waals surface area contributed by atoms with E-state index in [2.05, 4.69) is 14.9 Å². The number of hydrogen-bond acceptors (Lipinski definition) is 5. The first-order valence-corrected chi connectivity index (χ1v) is 9.88. The number of nitrogens with zero attached hydrogens (tertiary/aromatic N) is 4. The van der Waals surface area contributed by atoms with Crippen LogP contribution in [0.1, 0.15) is 24.8 Å². The smallest absolute Gasteiger partial charge is 0.246 e. The molecule has 3 heterocycles. The van der Waals surface area contributed by atoms with Gasteiger partial charge < -0.3 is 14.9 Å². The molecule has 2 atom stereocenters. The summed E-state index contributed by atoms with van der Waals surface area (Å²) in [7, 11) is 0. The lowest BCUT2D eigenvalue weighted by molar-refractivity contribution is -0.132. The van der Waals surface area contributed by atoms with Crippen LogP contribution in [0.3, 0.4) is 0 Å². The average molecular weight is 378 g/mol. The third kappa shape index (κ3) is 3.92. The van der Waals surface area contributed by atoms with E-state index in [0.717, 1.165) is 31.5 Å². The molecule has 28 heavy (non-hydrogen) atoms. The molecule has 4 rings (SSSR count). The highest BCUT2D eigenvalue weighted by Crippen LogP contribution is 2.39. The van der Waals surface area contributed by atoms with Crippen LogP contribution in [-0.4, -0.2) is 58.2 Å². The van der Waals surface area contributed by atoms with E-state index < -0.39 is 6.10 Å². The standard InChI is InChI=1S/C22H26N4O2/c27-19-10-15-26(21-23-12-5-13-24-21)17-22(19)11-4-14-25(16-22)20(28)9-8-18-6-2-1-3-7-18/h1-3,5-9,12-13,19,27H,4,10-11,14-17H2/t19-,22+/m1/s1. The van der Waals surface area contributed by atoms with Crippen LogP contribution in [0, 0.1) is 5.41 Å². The van der Waals surface area contributed by atoms with E-state index in [9.17, 15) is 9.90 Å². The number of hydrogen-bond donors (Lipinski definition) is 1. The first-order chi connectivity index (χ1) is 13.7. The van der Waals surface area contributed by atoms with E-state index in [4.69, 9.17) is 0 Å². The van der Waals surface area contributed by atoms with Gasteiger partial charge in [-0.1, -0.05) is 30.3 Å². The first kappa shape index (κ1) is 18.6. The monoisotopic (exact) mass is 378 g/mol. The quantitative estimate of drug-likeness (QED) is 0.831. The highest BCUT2D eigenvalue weighted by molar-refractivity contribution is 5.91. The van der Waals surface area contributed by atoms with E-state index in [1.165, 1.54) is 0 Å². The molecule has 2 aromatic rings. The zero-order chi connectivity index (χ0) is 19.4. The molecule has 6 heteroatoms. The van der Waals surface area contributed by atoms with Crippen molar-refractivity contribution in [3.05, 3.63) is 60.4 Å². The van der Waals surface area contributed by atoms with E-state index in [-0.39, 0.29) is 11.3 Å². The van der Waals surface area contributed by atoms with Crippen molar-refractivity contribution >= 4 is 17.9 Å². The Morgan fingerprint density at radius 2 is 1.89 bits per heavy atom. The van der Waals surface area contributed by atoms with Gasteiger partial charge in [-0.3, -0.25) is 4.79 Å². The second-order valence-electron chi connectivity index (χ2n) is 7.74. The van der Waals surface area contributed by atoms with Gasteiger partial charge in [-0.25, -0.2) is 9.97 Å². The third-order valence-electron chi connectivity index (χ3n) is 5.86. The maximum atomic E-state index is 12.8. The topological polar surface area (TPSA) is 69.6 Å². The van der Waals surface area contributed by atoms with Gasteiger partial charge in [0, 0.05) is 50.1 Å². The van der Waals surface area contributed by atoms with Gasteiger partial charge in [-0.05, 0) is 37.0 Å². The number of anilines is 1. The van der Waals surface area contributed by atoms with Gasteiger partial charge in [0.05, 0.1) is 6.10 Å². The van der Waals surface area contributed by atoms with Crippen LogP contribution in [-0.2, 0) is 4.79 Å². The molecule has 1 spiro atoms.